The summed E-state index contributed by atoms with van der Waals surface area (Å²) in [5.74, 6) is -0.307. The molecule has 0 fully saturated rings. The number of amides is 1. The molecule has 0 radical (unpaired) electrons. The summed E-state index contributed by atoms with van der Waals surface area (Å²) in [6, 6.07) is 19.2. The number of halogens is 1. The maximum absolute atomic E-state index is 12.4. The number of benzene rings is 3. The molecule has 0 atom stereocenters. The first-order valence-electron chi connectivity index (χ1n) is 9.26. The molecule has 7 heteroatoms. The Bertz CT molecular complexity index is 1250. The van der Waals surface area contributed by atoms with E-state index in [2.05, 4.69) is 22.8 Å². The van der Waals surface area contributed by atoms with Crippen molar-refractivity contribution in [2.75, 3.05) is 5.32 Å². The van der Waals surface area contributed by atoms with Gasteiger partial charge in [0.05, 0.1) is 10.2 Å². The van der Waals surface area contributed by atoms with Crippen LogP contribution in [0.2, 0.25) is 5.02 Å². The van der Waals surface area contributed by atoms with Crippen LogP contribution in [0, 0.1) is 13.8 Å². The van der Waals surface area contributed by atoms with Crippen molar-refractivity contribution in [3.8, 4) is 10.6 Å². The van der Waals surface area contributed by atoms with E-state index in [1.165, 1.54) is 0 Å². The van der Waals surface area contributed by atoms with Gasteiger partial charge in [0.1, 0.15) is 5.01 Å². The molecule has 0 spiro atoms. The van der Waals surface area contributed by atoms with Gasteiger partial charge in [0.25, 0.3) is 5.91 Å². The third-order valence-electron chi connectivity index (χ3n) is 4.68. The molecule has 1 heterocycles. The largest absolute Gasteiger partial charge is 0.332 e. The van der Waals surface area contributed by atoms with Crippen molar-refractivity contribution in [2.45, 2.75) is 13.8 Å². The van der Waals surface area contributed by atoms with Crippen LogP contribution in [0.4, 0.5) is 5.69 Å². The molecule has 0 aliphatic rings. The number of carbonyl (C=O) groups excluding carboxylic acids is 1. The Kier molecular flexibility index (Phi) is 5.81. The SMILES string of the molecule is Cc1ccc(C(=O)NC(=S)Nc2ccc(-c3nc4ccccc4s3)cc2C)cc1Cl. The first kappa shape index (κ1) is 20.5. The van der Waals surface area contributed by atoms with E-state index in [4.69, 9.17) is 28.8 Å². The van der Waals surface area contributed by atoms with Crippen molar-refractivity contribution in [1.29, 1.82) is 0 Å². The topological polar surface area (TPSA) is 54.0 Å². The molecule has 4 rings (SSSR count). The molecular formula is C23H18ClN3OS2. The third-order valence-corrected chi connectivity index (χ3v) is 6.37. The highest BCUT2D eigenvalue weighted by Gasteiger charge is 2.12. The highest BCUT2D eigenvalue weighted by atomic mass is 35.5. The number of aryl methyl sites for hydroxylation is 2. The molecule has 0 saturated carbocycles. The van der Waals surface area contributed by atoms with E-state index in [1.54, 1.807) is 29.5 Å². The van der Waals surface area contributed by atoms with Crippen molar-refractivity contribution in [3.63, 3.8) is 0 Å². The van der Waals surface area contributed by atoms with E-state index < -0.39 is 0 Å². The molecule has 4 aromatic rings. The summed E-state index contributed by atoms with van der Waals surface area (Å²) in [4.78, 5) is 17.1. The fourth-order valence-electron chi connectivity index (χ4n) is 3.00. The first-order chi connectivity index (χ1) is 14.4. The lowest BCUT2D eigenvalue weighted by Crippen LogP contribution is -2.34. The average Bonchev–Trinajstić information content (AvgIpc) is 3.15. The number of thiocarbonyl (C=S) groups is 1. The molecule has 3 aromatic carbocycles. The molecule has 4 nitrogen and oxygen atoms in total. The fraction of sp³-hybridized carbons (Fsp3) is 0.0870. The van der Waals surface area contributed by atoms with Crippen LogP contribution in [-0.4, -0.2) is 16.0 Å². The van der Waals surface area contributed by atoms with Crippen molar-refractivity contribution in [3.05, 3.63) is 82.4 Å². The number of hydrogen-bond acceptors (Lipinski definition) is 4. The number of nitrogens with one attached hydrogen (secondary N) is 2. The van der Waals surface area contributed by atoms with Crippen LogP contribution in [0.1, 0.15) is 21.5 Å². The Hall–Kier alpha value is -2.80. The van der Waals surface area contributed by atoms with E-state index in [1.807, 2.05) is 44.2 Å². The molecule has 0 aliphatic carbocycles. The van der Waals surface area contributed by atoms with Crippen molar-refractivity contribution in [1.82, 2.24) is 10.3 Å². The van der Waals surface area contributed by atoms with Gasteiger partial charge in [-0.3, -0.25) is 10.1 Å². The van der Waals surface area contributed by atoms with Crippen molar-refractivity contribution in [2.24, 2.45) is 0 Å². The Labute approximate surface area is 188 Å². The second kappa shape index (κ2) is 8.52. The molecule has 1 amide bonds. The lowest BCUT2D eigenvalue weighted by atomic mass is 10.1. The predicted octanol–water partition coefficient (Wildman–Crippen LogP) is 6.36. The number of aromatic nitrogens is 1. The maximum atomic E-state index is 12.4. The van der Waals surface area contributed by atoms with Crippen molar-refractivity contribution < 1.29 is 4.79 Å². The van der Waals surface area contributed by atoms with Gasteiger partial charge in [-0.2, -0.15) is 0 Å². The van der Waals surface area contributed by atoms with E-state index in [0.29, 0.717) is 10.6 Å². The summed E-state index contributed by atoms with van der Waals surface area (Å²) in [5.41, 5.74) is 5.24. The smallest absolute Gasteiger partial charge is 0.257 e. The van der Waals surface area contributed by atoms with Gasteiger partial charge in [-0.05, 0) is 79.7 Å². The number of para-hydroxylation sites is 1. The molecule has 0 bridgehead atoms. The Morgan fingerprint density at radius 2 is 1.83 bits per heavy atom. The standard InChI is InChI=1S/C23H18ClN3OS2/c1-13-7-8-15(12-17(13)24)21(28)27-23(29)26-18-10-9-16(11-14(18)2)22-25-19-5-3-4-6-20(19)30-22/h3-12H,1-2H3,(H2,26,27,28,29). The van der Waals surface area contributed by atoms with Crippen molar-refractivity contribution >= 4 is 62.1 Å². The maximum Gasteiger partial charge on any atom is 0.257 e. The van der Waals surface area contributed by atoms with Crippen LogP contribution >= 0.6 is 35.2 Å². The van der Waals surface area contributed by atoms with Crippen LogP contribution in [0.3, 0.4) is 0 Å². The van der Waals surface area contributed by atoms with Crippen LogP contribution < -0.4 is 10.6 Å². The van der Waals surface area contributed by atoms with Gasteiger partial charge in [0, 0.05) is 21.8 Å². The van der Waals surface area contributed by atoms with Gasteiger partial charge < -0.3 is 5.32 Å². The summed E-state index contributed by atoms with van der Waals surface area (Å²) in [6.45, 7) is 3.88. The average molecular weight is 452 g/mol. The monoisotopic (exact) mass is 451 g/mol. The van der Waals surface area contributed by atoms with E-state index in [-0.39, 0.29) is 11.0 Å². The Balaban J connectivity index is 1.47. The number of rotatable bonds is 3. The number of carbonyl (C=O) groups is 1. The van der Waals surface area contributed by atoms with Gasteiger partial charge in [0.15, 0.2) is 5.11 Å². The quantitative estimate of drug-likeness (QED) is 0.356. The lowest BCUT2D eigenvalue weighted by Gasteiger charge is -2.13. The number of thiazole rings is 1. The number of fused-ring (bicyclic) bond motifs is 1. The molecule has 0 aliphatic heterocycles. The van der Waals surface area contributed by atoms with Crippen LogP contribution in [0.25, 0.3) is 20.8 Å². The third kappa shape index (κ3) is 4.36. The molecular weight excluding hydrogens is 434 g/mol. The molecule has 0 saturated heterocycles. The van der Waals surface area contributed by atoms with Gasteiger partial charge >= 0.3 is 0 Å². The highest BCUT2D eigenvalue weighted by molar-refractivity contribution is 7.80. The minimum absolute atomic E-state index is 0.229. The summed E-state index contributed by atoms with van der Waals surface area (Å²) < 4.78 is 1.16. The molecule has 0 unspecified atom stereocenters. The lowest BCUT2D eigenvalue weighted by molar-refractivity contribution is 0.0977. The van der Waals surface area contributed by atoms with Gasteiger partial charge in [-0.15, -0.1) is 11.3 Å². The Morgan fingerprint density at radius 1 is 1.03 bits per heavy atom. The molecule has 150 valence electrons. The second-order valence-electron chi connectivity index (χ2n) is 6.89. The van der Waals surface area contributed by atoms with Gasteiger partial charge in [-0.1, -0.05) is 29.8 Å². The zero-order valence-electron chi connectivity index (χ0n) is 16.3. The fourth-order valence-corrected chi connectivity index (χ4v) is 4.34. The molecule has 2 N–H and O–H groups in total. The minimum atomic E-state index is -0.307. The van der Waals surface area contributed by atoms with Crippen LogP contribution in [0.15, 0.2) is 60.7 Å². The summed E-state index contributed by atoms with van der Waals surface area (Å²) in [6.07, 6.45) is 0. The summed E-state index contributed by atoms with van der Waals surface area (Å²) in [5, 5.41) is 7.53. The minimum Gasteiger partial charge on any atom is -0.332 e. The summed E-state index contributed by atoms with van der Waals surface area (Å²) >= 11 is 13.1. The summed E-state index contributed by atoms with van der Waals surface area (Å²) in [7, 11) is 0. The van der Waals surface area contributed by atoms with E-state index >= 15 is 0 Å². The zero-order chi connectivity index (χ0) is 21.3. The van der Waals surface area contributed by atoms with Crippen LogP contribution in [-0.2, 0) is 0 Å². The van der Waals surface area contributed by atoms with Gasteiger partial charge in [0.2, 0.25) is 0 Å². The zero-order valence-corrected chi connectivity index (χ0v) is 18.7. The Morgan fingerprint density at radius 3 is 2.57 bits per heavy atom. The van der Waals surface area contributed by atoms with E-state index in [9.17, 15) is 4.79 Å². The molecule has 30 heavy (non-hydrogen) atoms. The second-order valence-corrected chi connectivity index (χ2v) is 8.73. The normalized spacial score (nSPS) is 10.8. The highest BCUT2D eigenvalue weighted by Crippen LogP contribution is 2.31. The first-order valence-corrected chi connectivity index (χ1v) is 10.9. The molecule has 1 aromatic heterocycles. The number of hydrogen-bond donors (Lipinski definition) is 2. The number of anilines is 1. The number of nitrogens with zero attached hydrogens (tertiary/aromatic N) is 1. The van der Waals surface area contributed by atoms with Crippen LogP contribution in [0.5, 0.6) is 0 Å². The van der Waals surface area contributed by atoms with E-state index in [0.717, 1.165) is 37.6 Å². The predicted molar refractivity (Wildman–Crippen MR) is 130 cm³/mol. The van der Waals surface area contributed by atoms with Gasteiger partial charge in [-0.25, -0.2) is 4.98 Å².